The standard InChI is InChI=1S/C12H16O4.C10H8N2/c13-9(14)11-2-7-1-8(4-11)5-12(3-7,6-11)10(15)16;1-5-11-6-2-9(1)10-3-7-12-8-4-10/h7-8H,1-6H2,(H,13,14)(H,15,16);1-8H. The Morgan fingerprint density at radius 2 is 1.11 bits per heavy atom. The molecule has 6 heteroatoms. The van der Waals surface area contributed by atoms with Crippen LogP contribution in [0.1, 0.15) is 38.5 Å². The Morgan fingerprint density at radius 1 is 0.750 bits per heavy atom. The number of aromatic nitrogens is 2. The van der Waals surface area contributed by atoms with Gasteiger partial charge in [0.2, 0.25) is 0 Å². The molecular formula is C22H24N2O4. The number of nitrogens with zero attached hydrogens (tertiary/aromatic N) is 2. The van der Waals surface area contributed by atoms with Crippen molar-refractivity contribution in [2.75, 3.05) is 0 Å². The lowest BCUT2D eigenvalue weighted by Crippen LogP contribution is -2.57. The number of rotatable bonds is 3. The molecule has 4 aliphatic carbocycles. The van der Waals surface area contributed by atoms with Crippen LogP contribution >= 0.6 is 0 Å². The molecule has 4 bridgehead atoms. The van der Waals surface area contributed by atoms with Gasteiger partial charge in [0.25, 0.3) is 0 Å². The lowest BCUT2D eigenvalue weighted by Gasteiger charge is -2.58. The summed E-state index contributed by atoms with van der Waals surface area (Å²) in [4.78, 5) is 30.8. The first-order valence-corrected chi connectivity index (χ1v) is 9.70. The molecular weight excluding hydrogens is 356 g/mol. The molecule has 2 heterocycles. The van der Waals surface area contributed by atoms with Gasteiger partial charge < -0.3 is 10.2 Å². The van der Waals surface area contributed by atoms with Crippen molar-refractivity contribution in [3.63, 3.8) is 0 Å². The molecule has 28 heavy (non-hydrogen) atoms. The van der Waals surface area contributed by atoms with Crippen LogP contribution < -0.4 is 0 Å². The molecule has 0 spiro atoms. The van der Waals surface area contributed by atoms with E-state index in [9.17, 15) is 19.8 Å². The number of carbonyl (C=O) groups is 2. The predicted molar refractivity (Wildman–Crippen MR) is 102 cm³/mol. The van der Waals surface area contributed by atoms with E-state index in [1.807, 2.05) is 24.3 Å². The maximum atomic E-state index is 11.4. The first-order chi connectivity index (χ1) is 13.4. The van der Waals surface area contributed by atoms with Crippen LogP contribution in [-0.2, 0) is 9.59 Å². The number of pyridine rings is 2. The fourth-order valence-corrected chi connectivity index (χ4v) is 5.85. The topological polar surface area (TPSA) is 100 Å². The average molecular weight is 380 g/mol. The van der Waals surface area contributed by atoms with Gasteiger partial charge in [-0.2, -0.15) is 0 Å². The van der Waals surface area contributed by atoms with Crippen LogP contribution in [0.2, 0.25) is 0 Å². The van der Waals surface area contributed by atoms with E-state index in [2.05, 4.69) is 9.97 Å². The molecule has 2 N–H and O–H groups in total. The van der Waals surface area contributed by atoms with Crippen LogP contribution in [-0.4, -0.2) is 32.1 Å². The zero-order valence-corrected chi connectivity index (χ0v) is 15.6. The second-order valence-electron chi connectivity index (χ2n) is 8.60. The Kier molecular flexibility index (Phi) is 4.65. The third-order valence-corrected chi connectivity index (χ3v) is 6.66. The number of hydrogen-bond donors (Lipinski definition) is 2. The van der Waals surface area contributed by atoms with Crippen molar-refractivity contribution in [2.45, 2.75) is 38.5 Å². The van der Waals surface area contributed by atoms with E-state index >= 15 is 0 Å². The van der Waals surface area contributed by atoms with Crippen LogP contribution in [0.4, 0.5) is 0 Å². The summed E-state index contributed by atoms with van der Waals surface area (Å²) in [6, 6.07) is 7.93. The van der Waals surface area contributed by atoms with Gasteiger partial charge in [0.1, 0.15) is 0 Å². The minimum absolute atomic E-state index is 0.327. The Hall–Kier alpha value is -2.76. The van der Waals surface area contributed by atoms with Crippen molar-refractivity contribution in [2.24, 2.45) is 22.7 Å². The summed E-state index contributed by atoms with van der Waals surface area (Å²) in [6.45, 7) is 0. The Labute approximate surface area is 163 Å². The molecule has 0 saturated heterocycles. The largest absolute Gasteiger partial charge is 0.481 e. The lowest BCUT2D eigenvalue weighted by atomic mass is 9.44. The fourth-order valence-electron chi connectivity index (χ4n) is 5.85. The molecule has 6 rings (SSSR count). The first kappa shape index (κ1) is 18.6. The lowest BCUT2D eigenvalue weighted by molar-refractivity contribution is -0.187. The quantitative estimate of drug-likeness (QED) is 0.838. The predicted octanol–water partition coefficient (Wildman–Crippen LogP) is 3.89. The van der Waals surface area contributed by atoms with Crippen molar-refractivity contribution >= 4 is 11.9 Å². The van der Waals surface area contributed by atoms with E-state index in [-0.39, 0.29) is 0 Å². The Balaban J connectivity index is 0.000000143. The molecule has 6 nitrogen and oxygen atoms in total. The van der Waals surface area contributed by atoms with E-state index in [0.29, 0.717) is 43.9 Å². The van der Waals surface area contributed by atoms with Crippen molar-refractivity contribution in [3.05, 3.63) is 49.1 Å². The molecule has 4 aliphatic rings. The Bertz CT molecular complexity index is 785. The molecule has 0 amide bonds. The van der Waals surface area contributed by atoms with Gasteiger partial charge in [-0.25, -0.2) is 0 Å². The minimum Gasteiger partial charge on any atom is -0.481 e. The van der Waals surface area contributed by atoms with Crippen LogP contribution in [0.25, 0.3) is 11.1 Å². The van der Waals surface area contributed by atoms with Crippen LogP contribution in [0.15, 0.2) is 49.1 Å². The molecule has 4 saturated carbocycles. The molecule has 0 unspecified atom stereocenters. The average Bonchev–Trinajstić information content (AvgIpc) is 2.69. The summed E-state index contributed by atoms with van der Waals surface area (Å²) in [5, 5.41) is 18.8. The molecule has 2 aromatic heterocycles. The second-order valence-corrected chi connectivity index (χ2v) is 8.60. The highest BCUT2D eigenvalue weighted by Crippen LogP contribution is 2.65. The fraction of sp³-hybridized carbons (Fsp3) is 0.455. The van der Waals surface area contributed by atoms with Crippen LogP contribution in [0.5, 0.6) is 0 Å². The first-order valence-electron chi connectivity index (χ1n) is 9.70. The molecule has 2 aromatic rings. The smallest absolute Gasteiger partial charge is 0.309 e. The second kappa shape index (κ2) is 7.00. The van der Waals surface area contributed by atoms with E-state index in [1.165, 1.54) is 11.1 Å². The summed E-state index contributed by atoms with van der Waals surface area (Å²) in [6.07, 6.45) is 11.4. The Morgan fingerprint density at radius 3 is 1.43 bits per heavy atom. The molecule has 0 aromatic carbocycles. The monoisotopic (exact) mass is 380 g/mol. The number of carboxylic acids is 2. The number of aliphatic carboxylic acids is 2. The molecule has 146 valence electrons. The normalized spacial score (nSPS) is 32.3. The van der Waals surface area contributed by atoms with Crippen LogP contribution in [0.3, 0.4) is 0 Å². The summed E-state index contributed by atoms with van der Waals surface area (Å²) in [5.74, 6) is -0.888. The highest BCUT2D eigenvalue weighted by Gasteiger charge is 2.63. The van der Waals surface area contributed by atoms with Gasteiger partial charge in [0.15, 0.2) is 0 Å². The van der Waals surface area contributed by atoms with Crippen LogP contribution in [0, 0.1) is 22.7 Å². The van der Waals surface area contributed by atoms with Crippen molar-refractivity contribution in [1.82, 2.24) is 9.97 Å². The summed E-state index contributed by atoms with van der Waals surface area (Å²) in [7, 11) is 0. The van der Waals surface area contributed by atoms with Gasteiger partial charge in [-0.15, -0.1) is 0 Å². The third-order valence-electron chi connectivity index (χ3n) is 6.66. The molecule has 0 atom stereocenters. The van der Waals surface area contributed by atoms with Crippen molar-refractivity contribution in [1.29, 1.82) is 0 Å². The van der Waals surface area contributed by atoms with Gasteiger partial charge in [-0.1, -0.05) is 0 Å². The number of carboxylic acid groups (broad SMARTS) is 2. The molecule has 0 aliphatic heterocycles. The zero-order chi connectivity index (χ0) is 19.8. The molecule has 0 radical (unpaired) electrons. The van der Waals surface area contributed by atoms with Crippen molar-refractivity contribution < 1.29 is 19.8 Å². The van der Waals surface area contributed by atoms with Gasteiger partial charge in [0.05, 0.1) is 10.8 Å². The summed E-state index contributed by atoms with van der Waals surface area (Å²) in [5.41, 5.74) is 0.908. The van der Waals surface area contributed by atoms with Gasteiger partial charge in [-0.3, -0.25) is 19.6 Å². The summed E-state index contributed by atoms with van der Waals surface area (Å²) >= 11 is 0. The number of hydrogen-bond acceptors (Lipinski definition) is 4. The van der Waals surface area contributed by atoms with Gasteiger partial charge in [-0.05, 0) is 85.8 Å². The van der Waals surface area contributed by atoms with E-state index in [1.54, 1.807) is 24.8 Å². The maximum Gasteiger partial charge on any atom is 0.309 e. The highest BCUT2D eigenvalue weighted by molar-refractivity contribution is 5.81. The van der Waals surface area contributed by atoms with E-state index < -0.39 is 22.8 Å². The van der Waals surface area contributed by atoms with Gasteiger partial charge >= 0.3 is 11.9 Å². The van der Waals surface area contributed by atoms with Crippen molar-refractivity contribution in [3.8, 4) is 11.1 Å². The minimum atomic E-state index is -0.771. The third kappa shape index (κ3) is 3.28. The van der Waals surface area contributed by atoms with E-state index in [4.69, 9.17) is 0 Å². The zero-order valence-electron chi connectivity index (χ0n) is 15.6. The molecule has 4 fully saturated rings. The summed E-state index contributed by atoms with van der Waals surface area (Å²) < 4.78 is 0. The van der Waals surface area contributed by atoms with Gasteiger partial charge in [0, 0.05) is 24.8 Å². The maximum absolute atomic E-state index is 11.4. The highest BCUT2D eigenvalue weighted by atomic mass is 16.4. The van der Waals surface area contributed by atoms with E-state index in [0.717, 1.165) is 6.42 Å². The SMILES string of the molecule is O=C(O)C12CC3CC(C1)CC(C(=O)O)(C3)C2.c1cc(-c2ccncc2)ccn1.